The molecule has 1 aliphatic rings. The summed E-state index contributed by atoms with van der Waals surface area (Å²) in [5, 5.41) is 4.85. The van der Waals surface area contributed by atoms with Crippen molar-refractivity contribution in [1.29, 1.82) is 0 Å². The van der Waals surface area contributed by atoms with Gasteiger partial charge in [0.2, 0.25) is 11.7 Å². The van der Waals surface area contributed by atoms with Crippen molar-refractivity contribution in [2.24, 2.45) is 0 Å². The van der Waals surface area contributed by atoms with E-state index in [1.54, 1.807) is 6.07 Å². The third-order valence-electron chi connectivity index (χ3n) is 5.40. The van der Waals surface area contributed by atoms with E-state index in [1.807, 2.05) is 37.3 Å². The molecule has 4 aromatic rings. The highest BCUT2D eigenvalue weighted by Crippen LogP contribution is 2.25. The van der Waals surface area contributed by atoms with E-state index in [1.165, 1.54) is 18.0 Å². The molecule has 2 aromatic carbocycles. The number of hydrogen-bond acceptors (Lipinski definition) is 7. The molecular formula is C22H21FN6O. The Kier molecular flexibility index (Phi) is 4.84. The molecule has 0 radical (unpaired) electrons. The SMILES string of the molecule is Cc1ccc(-c2noc(CN3CCN(c4ncnc5c(F)cccc45)CC3)n2)cc1. The summed E-state index contributed by atoms with van der Waals surface area (Å²) < 4.78 is 19.5. The smallest absolute Gasteiger partial charge is 0.241 e. The van der Waals surface area contributed by atoms with E-state index in [4.69, 9.17) is 4.52 Å². The quantitative estimate of drug-likeness (QED) is 0.516. The Labute approximate surface area is 173 Å². The number of aromatic nitrogens is 4. The first-order chi connectivity index (χ1) is 14.7. The van der Waals surface area contributed by atoms with Gasteiger partial charge in [-0.15, -0.1) is 0 Å². The van der Waals surface area contributed by atoms with Crippen LogP contribution in [0.15, 0.2) is 53.3 Å². The molecule has 1 fully saturated rings. The molecule has 0 amide bonds. The van der Waals surface area contributed by atoms with Crippen LogP contribution in [0.2, 0.25) is 0 Å². The van der Waals surface area contributed by atoms with Crippen LogP contribution in [0.3, 0.4) is 0 Å². The lowest BCUT2D eigenvalue weighted by Gasteiger charge is -2.35. The molecule has 0 saturated carbocycles. The molecule has 152 valence electrons. The molecule has 0 aliphatic carbocycles. The fourth-order valence-corrected chi connectivity index (χ4v) is 3.74. The lowest BCUT2D eigenvalue weighted by molar-refractivity contribution is 0.215. The largest absolute Gasteiger partial charge is 0.353 e. The van der Waals surface area contributed by atoms with Gasteiger partial charge in [-0.25, -0.2) is 14.4 Å². The molecule has 30 heavy (non-hydrogen) atoms. The number of rotatable bonds is 4. The van der Waals surface area contributed by atoms with Crippen LogP contribution in [0.4, 0.5) is 10.2 Å². The number of halogens is 1. The highest BCUT2D eigenvalue weighted by molar-refractivity contribution is 5.89. The van der Waals surface area contributed by atoms with Crippen LogP contribution in [-0.2, 0) is 6.54 Å². The number of benzene rings is 2. The lowest BCUT2D eigenvalue weighted by Crippen LogP contribution is -2.46. The highest BCUT2D eigenvalue weighted by atomic mass is 19.1. The number of nitrogens with zero attached hydrogens (tertiary/aromatic N) is 6. The summed E-state index contributed by atoms with van der Waals surface area (Å²) in [5.74, 6) is 1.67. The monoisotopic (exact) mass is 404 g/mol. The molecule has 5 rings (SSSR count). The summed E-state index contributed by atoms with van der Waals surface area (Å²) in [6.07, 6.45) is 1.43. The summed E-state index contributed by atoms with van der Waals surface area (Å²) in [4.78, 5) is 17.5. The Bertz CT molecular complexity index is 1170. The van der Waals surface area contributed by atoms with E-state index < -0.39 is 0 Å². The van der Waals surface area contributed by atoms with E-state index in [-0.39, 0.29) is 5.82 Å². The van der Waals surface area contributed by atoms with Crippen LogP contribution in [0.1, 0.15) is 11.5 Å². The Morgan fingerprint density at radius 3 is 2.60 bits per heavy atom. The van der Waals surface area contributed by atoms with E-state index in [0.717, 1.165) is 42.9 Å². The van der Waals surface area contributed by atoms with Gasteiger partial charge in [-0.2, -0.15) is 4.98 Å². The average molecular weight is 404 g/mol. The maximum atomic E-state index is 14.0. The maximum Gasteiger partial charge on any atom is 0.241 e. The molecule has 1 aliphatic heterocycles. The summed E-state index contributed by atoms with van der Waals surface area (Å²) >= 11 is 0. The topological polar surface area (TPSA) is 71.2 Å². The third kappa shape index (κ3) is 3.61. The van der Waals surface area contributed by atoms with Crippen molar-refractivity contribution in [3.8, 4) is 11.4 Å². The minimum absolute atomic E-state index is 0.324. The predicted molar refractivity (Wildman–Crippen MR) is 111 cm³/mol. The molecule has 3 heterocycles. The van der Waals surface area contributed by atoms with Gasteiger partial charge in [0, 0.05) is 37.1 Å². The van der Waals surface area contributed by atoms with E-state index >= 15 is 0 Å². The molecule has 8 heteroatoms. The Hall–Kier alpha value is -3.39. The fraction of sp³-hybridized carbons (Fsp3) is 0.273. The molecule has 0 spiro atoms. The van der Waals surface area contributed by atoms with Gasteiger partial charge in [-0.05, 0) is 19.1 Å². The lowest BCUT2D eigenvalue weighted by atomic mass is 10.1. The number of anilines is 1. The second-order valence-electron chi connectivity index (χ2n) is 7.47. The first-order valence-electron chi connectivity index (χ1n) is 9.93. The van der Waals surface area contributed by atoms with Gasteiger partial charge in [0.1, 0.15) is 23.5 Å². The molecule has 0 N–H and O–H groups in total. The number of hydrogen-bond donors (Lipinski definition) is 0. The van der Waals surface area contributed by atoms with Crippen molar-refractivity contribution in [3.63, 3.8) is 0 Å². The molecule has 0 bridgehead atoms. The van der Waals surface area contributed by atoms with Crippen molar-refractivity contribution in [1.82, 2.24) is 25.0 Å². The zero-order chi connectivity index (χ0) is 20.5. The summed E-state index contributed by atoms with van der Waals surface area (Å²) in [7, 11) is 0. The van der Waals surface area contributed by atoms with E-state index in [2.05, 4.69) is 29.9 Å². The van der Waals surface area contributed by atoms with E-state index in [9.17, 15) is 4.39 Å². The van der Waals surface area contributed by atoms with Crippen molar-refractivity contribution < 1.29 is 8.91 Å². The highest BCUT2D eigenvalue weighted by Gasteiger charge is 2.22. The van der Waals surface area contributed by atoms with E-state index in [0.29, 0.717) is 23.8 Å². The summed E-state index contributed by atoms with van der Waals surface area (Å²) in [6.45, 7) is 5.85. The molecule has 7 nitrogen and oxygen atoms in total. The third-order valence-corrected chi connectivity index (χ3v) is 5.40. The van der Waals surface area contributed by atoms with Gasteiger partial charge in [0.05, 0.1) is 6.54 Å². The van der Waals surface area contributed by atoms with Crippen molar-refractivity contribution in [2.75, 3.05) is 31.1 Å². The zero-order valence-electron chi connectivity index (χ0n) is 16.6. The molecule has 0 atom stereocenters. The molecular weight excluding hydrogens is 383 g/mol. The number of aryl methyl sites for hydroxylation is 1. The first-order valence-corrected chi connectivity index (χ1v) is 9.93. The fourth-order valence-electron chi connectivity index (χ4n) is 3.74. The maximum absolute atomic E-state index is 14.0. The van der Waals surface area contributed by atoms with Crippen LogP contribution in [0.5, 0.6) is 0 Å². The summed E-state index contributed by atoms with van der Waals surface area (Å²) in [5.41, 5.74) is 2.50. The zero-order valence-corrected chi connectivity index (χ0v) is 16.6. The van der Waals surface area contributed by atoms with Gasteiger partial charge >= 0.3 is 0 Å². The van der Waals surface area contributed by atoms with Crippen LogP contribution in [0.25, 0.3) is 22.3 Å². The second kappa shape index (κ2) is 7.79. The molecule has 2 aromatic heterocycles. The first kappa shape index (κ1) is 18.6. The predicted octanol–water partition coefficient (Wildman–Crippen LogP) is 3.45. The number of para-hydroxylation sites is 1. The van der Waals surface area contributed by atoms with Crippen molar-refractivity contribution in [3.05, 3.63) is 66.1 Å². The van der Waals surface area contributed by atoms with Crippen molar-refractivity contribution in [2.45, 2.75) is 13.5 Å². The van der Waals surface area contributed by atoms with Crippen LogP contribution < -0.4 is 4.90 Å². The molecule has 1 saturated heterocycles. The van der Waals surface area contributed by atoms with Crippen LogP contribution >= 0.6 is 0 Å². The number of piperazine rings is 1. The average Bonchev–Trinajstić information content (AvgIpc) is 3.23. The van der Waals surface area contributed by atoms with Gasteiger partial charge in [0.15, 0.2) is 0 Å². The Morgan fingerprint density at radius 1 is 1.00 bits per heavy atom. The standard InChI is InChI=1S/C22H21FN6O/c1-15-5-7-16(8-6-15)21-26-19(30-27-21)13-28-9-11-29(12-10-28)22-17-3-2-4-18(23)20(17)24-14-25-22/h2-8,14H,9-13H2,1H3. The van der Waals surface area contributed by atoms with Crippen LogP contribution in [-0.4, -0.2) is 51.2 Å². The second-order valence-corrected chi connectivity index (χ2v) is 7.47. The van der Waals surface area contributed by atoms with Gasteiger partial charge in [-0.1, -0.05) is 41.1 Å². The summed E-state index contributed by atoms with van der Waals surface area (Å²) in [6, 6.07) is 13.1. The van der Waals surface area contributed by atoms with Gasteiger partial charge in [-0.3, -0.25) is 4.90 Å². The minimum atomic E-state index is -0.324. The Balaban J connectivity index is 1.25. The Morgan fingerprint density at radius 2 is 1.80 bits per heavy atom. The van der Waals surface area contributed by atoms with Crippen LogP contribution in [0, 0.1) is 12.7 Å². The van der Waals surface area contributed by atoms with Gasteiger partial charge in [0.25, 0.3) is 0 Å². The molecule has 0 unspecified atom stereocenters. The number of fused-ring (bicyclic) bond motifs is 1. The van der Waals surface area contributed by atoms with Crippen molar-refractivity contribution >= 4 is 16.7 Å². The van der Waals surface area contributed by atoms with Gasteiger partial charge < -0.3 is 9.42 Å². The normalized spacial score (nSPS) is 15.1. The minimum Gasteiger partial charge on any atom is -0.353 e.